The summed E-state index contributed by atoms with van der Waals surface area (Å²) in [5, 5.41) is 10.5. The van der Waals surface area contributed by atoms with Crippen LogP contribution in [0, 0.1) is 5.41 Å². The van der Waals surface area contributed by atoms with Crippen molar-refractivity contribution in [3.63, 3.8) is 0 Å². The van der Waals surface area contributed by atoms with Crippen molar-refractivity contribution in [3.05, 3.63) is 33.5 Å². The van der Waals surface area contributed by atoms with Crippen LogP contribution in [0.15, 0.2) is 24.3 Å². The van der Waals surface area contributed by atoms with Gasteiger partial charge in [-0.25, -0.2) is 0 Å². The fraction of sp³-hybridized carbons (Fsp3) is 0.500. The highest BCUT2D eigenvalue weighted by atomic mass is 35.5. The summed E-state index contributed by atoms with van der Waals surface area (Å²) in [5.74, 6) is 0. The van der Waals surface area contributed by atoms with Crippen molar-refractivity contribution in [1.29, 1.82) is 0 Å². The van der Waals surface area contributed by atoms with E-state index in [2.05, 4.69) is 19.9 Å². The Labute approximate surface area is 99.4 Å². The van der Waals surface area contributed by atoms with Crippen LogP contribution in [-0.4, -0.2) is 5.11 Å². The molecule has 0 aliphatic heterocycles. The third kappa shape index (κ3) is 2.27. The molecule has 1 atom stereocenters. The summed E-state index contributed by atoms with van der Waals surface area (Å²) >= 11 is 7.34. The standard InChI is InChI=1S/C12H15ClOS/c1-11(2)5-7-12(14,8-6-11)9-3-4-10(13)15-9/h3-5,7,14H,6,8H2,1-2H3. The van der Waals surface area contributed by atoms with Gasteiger partial charge >= 0.3 is 0 Å². The molecule has 1 N–H and O–H groups in total. The Hall–Kier alpha value is -0.310. The molecule has 2 rings (SSSR count). The predicted octanol–water partition coefficient (Wildman–Crippen LogP) is 3.97. The Morgan fingerprint density at radius 1 is 1.27 bits per heavy atom. The Balaban J connectivity index is 2.30. The molecule has 1 aromatic rings. The van der Waals surface area contributed by atoms with E-state index in [-0.39, 0.29) is 5.41 Å². The van der Waals surface area contributed by atoms with Gasteiger partial charge in [-0.3, -0.25) is 0 Å². The molecule has 3 heteroatoms. The van der Waals surface area contributed by atoms with E-state index in [1.165, 1.54) is 11.3 Å². The van der Waals surface area contributed by atoms with Crippen molar-refractivity contribution in [2.75, 3.05) is 0 Å². The molecule has 1 aliphatic carbocycles. The lowest BCUT2D eigenvalue weighted by Gasteiger charge is -2.34. The zero-order valence-corrected chi connectivity index (χ0v) is 10.5. The van der Waals surface area contributed by atoms with Crippen LogP contribution in [0.5, 0.6) is 0 Å². The first-order valence-corrected chi connectivity index (χ1v) is 6.29. The Bertz CT molecular complexity index is 394. The van der Waals surface area contributed by atoms with Crippen LogP contribution in [0.3, 0.4) is 0 Å². The molecular weight excluding hydrogens is 228 g/mol. The average molecular weight is 243 g/mol. The van der Waals surface area contributed by atoms with E-state index in [1.54, 1.807) is 0 Å². The minimum atomic E-state index is -0.798. The third-order valence-corrected chi connectivity index (χ3v) is 4.36. The summed E-state index contributed by atoms with van der Waals surface area (Å²) in [6.45, 7) is 4.37. The number of halogens is 1. The first kappa shape index (κ1) is 11.2. The van der Waals surface area contributed by atoms with Gasteiger partial charge in [-0.2, -0.15) is 0 Å². The fourth-order valence-corrected chi connectivity index (χ4v) is 2.94. The Morgan fingerprint density at radius 3 is 2.47 bits per heavy atom. The number of hydrogen-bond acceptors (Lipinski definition) is 2. The summed E-state index contributed by atoms with van der Waals surface area (Å²) < 4.78 is 0.733. The molecule has 82 valence electrons. The van der Waals surface area contributed by atoms with Crippen molar-refractivity contribution in [2.24, 2.45) is 5.41 Å². The van der Waals surface area contributed by atoms with Gasteiger partial charge in [0.05, 0.1) is 4.34 Å². The molecule has 1 nitrogen and oxygen atoms in total. The predicted molar refractivity (Wildman–Crippen MR) is 65.4 cm³/mol. The maximum atomic E-state index is 10.5. The molecule has 0 fully saturated rings. The summed E-state index contributed by atoms with van der Waals surface area (Å²) in [4.78, 5) is 0.944. The molecule has 0 radical (unpaired) electrons. The quantitative estimate of drug-likeness (QED) is 0.739. The molecule has 0 aromatic carbocycles. The summed E-state index contributed by atoms with van der Waals surface area (Å²) in [6, 6.07) is 3.75. The van der Waals surface area contributed by atoms with Crippen molar-refractivity contribution in [2.45, 2.75) is 32.3 Å². The Morgan fingerprint density at radius 2 is 2.00 bits per heavy atom. The van der Waals surface area contributed by atoms with Crippen LogP contribution >= 0.6 is 22.9 Å². The zero-order chi connectivity index (χ0) is 11.1. The van der Waals surface area contributed by atoms with Crippen molar-refractivity contribution >= 4 is 22.9 Å². The molecule has 0 saturated carbocycles. The van der Waals surface area contributed by atoms with Gasteiger partial charge in [-0.15, -0.1) is 11.3 Å². The lowest BCUT2D eigenvalue weighted by Crippen LogP contribution is -2.28. The van der Waals surface area contributed by atoms with E-state index in [4.69, 9.17) is 11.6 Å². The second-order valence-electron chi connectivity index (χ2n) is 4.85. The molecule has 1 heterocycles. The Kier molecular flexibility index (Phi) is 2.70. The molecule has 0 saturated heterocycles. The monoisotopic (exact) mass is 242 g/mol. The topological polar surface area (TPSA) is 20.2 Å². The van der Waals surface area contributed by atoms with Crippen LogP contribution in [0.4, 0.5) is 0 Å². The molecule has 1 unspecified atom stereocenters. The average Bonchev–Trinajstić information content (AvgIpc) is 2.59. The molecule has 1 aliphatic rings. The first-order chi connectivity index (χ1) is 6.91. The molecule has 15 heavy (non-hydrogen) atoms. The van der Waals surface area contributed by atoms with Gasteiger partial charge in [0.2, 0.25) is 0 Å². The van der Waals surface area contributed by atoms with E-state index in [9.17, 15) is 5.11 Å². The van der Waals surface area contributed by atoms with E-state index in [0.717, 1.165) is 22.1 Å². The third-order valence-electron chi connectivity index (χ3n) is 2.96. The normalized spacial score (nSPS) is 29.3. The highest BCUT2D eigenvalue weighted by molar-refractivity contribution is 7.16. The fourth-order valence-electron chi connectivity index (χ4n) is 1.80. The van der Waals surface area contributed by atoms with Crippen molar-refractivity contribution < 1.29 is 5.11 Å². The molecule has 0 bridgehead atoms. The van der Waals surface area contributed by atoms with Crippen molar-refractivity contribution in [1.82, 2.24) is 0 Å². The second kappa shape index (κ2) is 3.62. The summed E-state index contributed by atoms with van der Waals surface area (Å²) in [5.41, 5.74) is -0.597. The lowest BCUT2D eigenvalue weighted by molar-refractivity contribution is 0.0616. The van der Waals surface area contributed by atoms with Gasteiger partial charge in [0.1, 0.15) is 5.60 Å². The van der Waals surface area contributed by atoms with Gasteiger partial charge in [-0.1, -0.05) is 37.6 Å². The van der Waals surface area contributed by atoms with Crippen LogP contribution in [-0.2, 0) is 5.60 Å². The lowest BCUT2D eigenvalue weighted by atomic mass is 9.76. The van der Waals surface area contributed by atoms with E-state index in [0.29, 0.717) is 0 Å². The maximum Gasteiger partial charge on any atom is 0.117 e. The molecule has 1 aromatic heterocycles. The van der Waals surface area contributed by atoms with E-state index < -0.39 is 5.60 Å². The van der Waals surface area contributed by atoms with Crippen LogP contribution < -0.4 is 0 Å². The number of thiophene rings is 1. The SMILES string of the molecule is CC1(C)C=CC(O)(c2ccc(Cl)s2)CC1. The van der Waals surface area contributed by atoms with E-state index >= 15 is 0 Å². The largest absolute Gasteiger partial charge is 0.380 e. The van der Waals surface area contributed by atoms with Crippen LogP contribution in [0.2, 0.25) is 4.34 Å². The smallest absolute Gasteiger partial charge is 0.117 e. The molecule has 0 amide bonds. The van der Waals surface area contributed by atoms with Gasteiger partial charge < -0.3 is 5.11 Å². The van der Waals surface area contributed by atoms with Gasteiger partial charge in [0.15, 0.2) is 0 Å². The highest BCUT2D eigenvalue weighted by Crippen LogP contribution is 2.42. The maximum absolute atomic E-state index is 10.5. The van der Waals surface area contributed by atoms with E-state index in [1.807, 2.05) is 18.2 Å². The first-order valence-electron chi connectivity index (χ1n) is 5.10. The van der Waals surface area contributed by atoms with Gasteiger partial charge in [0.25, 0.3) is 0 Å². The summed E-state index contributed by atoms with van der Waals surface area (Å²) in [7, 11) is 0. The minimum Gasteiger partial charge on any atom is -0.380 e. The highest BCUT2D eigenvalue weighted by Gasteiger charge is 2.34. The zero-order valence-electron chi connectivity index (χ0n) is 8.96. The number of aliphatic hydroxyl groups is 1. The van der Waals surface area contributed by atoms with Crippen molar-refractivity contribution in [3.8, 4) is 0 Å². The molecule has 0 spiro atoms. The molecular formula is C12H15ClOS. The number of allylic oxidation sites excluding steroid dienone is 1. The summed E-state index contributed by atoms with van der Waals surface area (Å²) in [6.07, 6.45) is 5.78. The van der Waals surface area contributed by atoms with Crippen LogP contribution in [0.25, 0.3) is 0 Å². The minimum absolute atomic E-state index is 0.202. The number of rotatable bonds is 1. The van der Waals surface area contributed by atoms with Crippen LogP contribution in [0.1, 0.15) is 31.6 Å². The van der Waals surface area contributed by atoms with Gasteiger partial charge in [0, 0.05) is 4.88 Å². The number of hydrogen-bond donors (Lipinski definition) is 1. The van der Waals surface area contributed by atoms with Gasteiger partial charge in [-0.05, 0) is 30.4 Å². The second-order valence-corrected chi connectivity index (χ2v) is 6.57.